The van der Waals surface area contributed by atoms with Crippen LogP contribution in [0, 0.1) is 5.41 Å². The SMILES string of the molecule is CCCCOC(=O)[C@@H]1C[C@]2(CO)C[C@@H]2N1C(=O)CNC(=O)c1ccc(Oc2ccccc2)cc1. The predicted molar refractivity (Wildman–Crippen MR) is 124 cm³/mol. The van der Waals surface area contributed by atoms with E-state index < -0.39 is 23.3 Å². The van der Waals surface area contributed by atoms with Crippen molar-refractivity contribution in [3.63, 3.8) is 0 Å². The molecule has 0 unspecified atom stereocenters. The van der Waals surface area contributed by atoms with Crippen LogP contribution in [0.3, 0.4) is 0 Å². The molecular formula is C26H30N2O6. The van der Waals surface area contributed by atoms with Gasteiger partial charge in [0.1, 0.15) is 17.5 Å². The molecule has 180 valence electrons. The van der Waals surface area contributed by atoms with Crippen LogP contribution in [0.2, 0.25) is 0 Å². The average molecular weight is 467 g/mol. The molecule has 1 saturated heterocycles. The number of amides is 2. The van der Waals surface area contributed by atoms with Crippen molar-refractivity contribution >= 4 is 17.8 Å². The van der Waals surface area contributed by atoms with Crippen LogP contribution >= 0.6 is 0 Å². The van der Waals surface area contributed by atoms with Gasteiger partial charge in [-0.1, -0.05) is 31.5 Å². The van der Waals surface area contributed by atoms with E-state index in [0.29, 0.717) is 36.5 Å². The van der Waals surface area contributed by atoms with E-state index in [-0.39, 0.29) is 25.1 Å². The molecule has 1 aliphatic heterocycles. The van der Waals surface area contributed by atoms with Crippen LogP contribution in [-0.4, -0.2) is 59.6 Å². The van der Waals surface area contributed by atoms with E-state index in [1.807, 2.05) is 37.3 Å². The van der Waals surface area contributed by atoms with Crippen molar-refractivity contribution in [2.75, 3.05) is 19.8 Å². The number of nitrogens with one attached hydrogen (secondary N) is 1. The van der Waals surface area contributed by atoms with Crippen LogP contribution in [0.15, 0.2) is 54.6 Å². The second kappa shape index (κ2) is 10.3. The fraction of sp³-hybridized carbons (Fsp3) is 0.423. The highest BCUT2D eigenvalue weighted by atomic mass is 16.5. The molecule has 8 heteroatoms. The van der Waals surface area contributed by atoms with E-state index in [1.54, 1.807) is 24.3 Å². The molecule has 34 heavy (non-hydrogen) atoms. The van der Waals surface area contributed by atoms with E-state index in [0.717, 1.165) is 12.8 Å². The minimum Gasteiger partial charge on any atom is -0.464 e. The molecule has 8 nitrogen and oxygen atoms in total. The summed E-state index contributed by atoms with van der Waals surface area (Å²) in [6, 6.07) is 15.0. The Morgan fingerprint density at radius 3 is 2.44 bits per heavy atom. The van der Waals surface area contributed by atoms with Crippen LogP contribution in [0.5, 0.6) is 11.5 Å². The van der Waals surface area contributed by atoms with Crippen molar-refractivity contribution in [1.29, 1.82) is 0 Å². The van der Waals surface area contributed by atoms with Gasteiger partial charge in [0, 0.05) is 17.0 Å². The van der Waals surface area contributed by atoms with Crippen LogP contribution in [0.25, 0.3) is 0 Å². The van der Waals surface area contributed by atoms with Gasteiger partial charge in [-0.3, -0.25) is 9.59 Å². The lowest BCUT2D eigenvalue weighted by Crippen LogP contribution is -2.48. The summed E-state index contributed by atoms with van der Waals surface area (Å²) in [6.45, 7) is 1.99. The number of nitrogens with zero attached hydrogens (tertiary/aromatic N) is 1. The molecule has 2 aromatic carbocycles. The first kappa shape index (κ1) is 23.8. The molecule has 1 heterocycles. The van der Waals surface area contributed by atoms with E-state index >= 15 is 0 Å². The Hall–Kier alpha value is -3.39. The number of ether oxygens (including phenoxy) is 2. The number of esters is 1. The van der Waals surface area contributed by atoms with Crippen molar-refractivity contribution in [2.45, 2.75) is 44.7 Å². The first-order valence-electron chi connectivity index (χ1n) is 11.7. The standard InChI is InChI=1S/C26H30N2O6/c1-2-3-13-33-25(32)21-14-26(17-29)15-22(26)28(21)23(30)16-27-24(31)18-9-11-20(12-10-18)34-19-7-5-4-6-8-19/h4-12,21-22,29H,2-3,13-17H2,1H3,(H,27,31)/t21-,22-,26+/m0/s1. The van der Waals surface area contributed by atoms with E-state index in [1.165, 1.54) is 4.90 Å². The van der Waals surface area contributed by atoms with Crippen molar-refractivity contribution in [2.24, 2.45) is 5.41 Å². The van der Waals surface area contributed by atoms with Gasteiger partial charge < -0.3 is 24.8 Å². The predicted octanol–water partition coefficient (Wildman–Crippen LogP) is 2.90. The fourth-order valence-corrected chi connectivity index (χ4v) is 4.48. The summed E-state index contributed by atoms with van der Waals surface area (Å²) in [6.07, 6.45) is 2.70. The zero-order valence-electron chi connectivity index (χ0n) is 19.2. The number of fused-ring (bicyclic) bond motifs is 1. The molecule has 0 spiro atoms. The lowest BCUT2D eigenvalue weighted by molar-refractivity contribution is -0.154. The van der Waals surface area contributed by atoms with E-state index in [2.05, 4.69) is 5.32 Å². The number of carbonyl (C=O) groups excluding carboxylic acids is 3. The largest absolute Gasteiger partial charge is 0.464 e. The third-order valence-electron chi connectivity index (χ3n) is 6.53. The first-order chi connectivity index (χ1) is 16.5. The molecule has 3 atom stereocenters. The molecule has 2 fully saturated rings. The summed E-state index contributed by atoms with van der Waals surface area (Å²) in [7, 11) is 0. The minimum atomic E-state index is -0.721. The molecule has 2 amide bonds. The van der Waals surface area contributed by atoms with Gasteiger partial charge in [-0.2, -0.15) is 0 Å². The summed E-state index contributed by atoms with van der Waals surface area (Å²) < 4.78 is 11.1. The molecule has 0 aromatic heterocycles. The second-order valence-corrected chi connectivity index (χ2v) is 8.90. The van der Waals surface area contributed by atoms with Crippen molar-refractivity contribution in [3.8, 4) is 11.5 Å². The monoisotopic (exact) mass is 466 g/mol. The summed E-state index contributed by atoms with van der Waals surface area (Å²) in [5, 5.41) is 12.4. The van der Waals surface area contributed by atoms with Crippen molar-refractivity contribution < 1.29 is 29.0 Å². The number of hydrogen-bond donors (Lipinski definition) is 2. The van der Waals surface area contributed by atoms with Gasteiger partial charge in [0.2, 0.25) is 5.91 Å². The van der Waals surface area contributed by atoms with Gasteiger partial charge in [-0.05, 0) is 55.7 Å². The molecule has 0 radical (unpaired) electrons. The third-order valence-corrected chi connectivity index (χ3v) is 6.53. The van der Waals surface area contributed by atoms with E-state index in [4.69, 9.17) is 9.47 Å². The van der Waals surface area contributed by atoms with Crippen LogP contribution in [-0.2, 0) is 14.3 Å². The summed E-state index contributed by atoms with van der Waals surface area (Å²) in [4.78, 5) is 39.6. The molecule has 0 bridgehead atoms. The molecule has 1 saturated carbocycles. The number of piperidine rings is 1. The molecule has 2 aliphatic rings. The van der Waals surface area contributed by atoms with Crippen LogP contribution in [0.4, 0.5) is 0 Å². The van der Waals surface area contributed by atoms with Gasteiger partial charge in [-0.15, -0.1) is 0 Å². The number of benzene rings is 2. The first-order valence-corrected chi connectivity index (χ1v) is 11.7. The Kier molecular flexibility index (Phi) is 7.17. The fourth-order valence-electron chi connectivity index (χ4n) is 4.48. The van der Waals surface area contributed by atoms with Gasteiger partial charge >= 0.3 is 5.97 Å². The minimum absolute atomic E-state index is 0.0794. The zero-order valence-corrected chi connectivity index (χ0v) is 19.2. The normalized spacial score (nSPS) is 22.6. The van der Waals surface area contributed by atoms with E-state index in [9.17, 15) is 19.5 Å². The van der Waals surface area contributed by atoms with Crippen LogP contribution < -0.4 is 10.1 Å². The topological polar surface area (TPSA) is 105 Å². The molecular weight excluding hydrogens is 436 g/mol. The molecule has 4 rings (SSSR count). The Labute approximate surface area is 198 Å². The maximum Gasteiger partial charge on any atom is 0.328 e. The number of rotatable bonds is 10. The lowest BCUT2D eigenvalue weighted by atomic mass is 10.0. The van der Waals surface area contributed by atoms with Crippen molar-refractivity contribution in [1.82, 2.24) is 10.2 Å². The number of para-hydroxylation sites is 1. The molecule has 2 N–H and O–H groups in total. The number of likely N-dealkylation sites (tertiary alicyclic amines) is 1. The lowest BCUT2D eigenvalue weighted by Gasteiger charge is -2.26. The molecule has 2 aromatic rings. The average Bonchev–Trinajstić information content (AvgIpc) is 3.47. The quantitative estimate of drug-likeness (QED) is 0.412. The number of aliphatic hydroxyl groups excluding tert-OH is 1. The summed E-state index contributed by atoms with van der Waals surface area (Å²) >= 11 is 0. The van der Waals surface area contributed by atoms with Gasteiger partial charge in [0.05, 0.1) is 19.8 Å². The molecule has 1 aliphatic carbocycles. The Balaban J connectivity index is 1.33. The second-order valence-electron chi connectivity index (χ2n) is 8.90. The zero-order chi connectivity index (χ0) is 24.1. The van der Waals surface area contributed by atoms with Gasteiger partial charge in [0.15, 0.2) is 0 Å². The Morgan fingerprint density at radius 1 is 1.06 bits per heavy atom. The van der Waals surface area contributed by atoms with Gasteiger partial charge in [0.25, 0.3) is 5.91 Å². The summed E-state index contributed by atoms with van der Waals surface area (Å²) in [5.74, 6) is 0.0898. The highest BCUT2D eigenvalue weighted by Crippen LogP contribution is 2.59. The van der Waals surface area contributed by atoms with Crippen molar-refractivity contribution in [3.05, 3.63) is 60.2 Å². The number of aliphatic hydroxyl groups is 1. The van der Waals surface area contributed by atoms with Crippen LogP contribution in [0.1, 0.15) is 43.0 Å². The smallest absolute Gasteiger partial charge is 0.328 e. The highest BCUT2D eigenvalue weighted by molar-refractivity contribution is 5.97. The van der Waals surface area contributed by atoms with Gasteiger partial charge in [-0.25, -0.2) is 4.79 Å². The maximum absolute atomic E-state index is 13.0. The Bertz CT molecular complexity index is 1030. The Morgan fingerprint density at radius 2 is 1.76 bits per heavy atom. The number of hydrogen-bond acceptors (Lipinski definition) is 6. The third kappa shape index (κ3) is 5.07. The number of unbranched alkanes of at least 4 members (excludes halogenated alkanes) is 1. The maximum atomic E-state index is 13.0. The highest BCUT2D eigenvalue weighted by Gasteiger charge is 2.67. The summed E-state index contributed by atoms with van der Waals surface area (Å²) in [5.41, 5.74) is -0.0378. The number of carbonyl (C=O) groups is 3.